The van der Waals surface area contributed by atoms with E-state index in [1.807, 2.05) is 13.0 Å². The minimum Gasteiger partial charge on any atom is -0.469 e. The summed E-state index contributed by atoms with van der Waals surface area (Å²) in [6.07, 6.45) is 1.82. The molecule has 1 atom stereocenters. The molecule has 1 aromatic rings. The minimum absolute atomic E-state index is 0.0152. The highest BCUT2D eigenvalue weighted by atomic mass is 32.2. The molecular weight excluding hydrogens is 226 g/mol. The van der Waals surface area contributed by atoms with Crippen LogP contribution in [0.5, 0.6) is 0 Å². The molecule has 1 heterocycles. The minimum atomic E-state index is -0.267. The van der Waals surface area contributed by atoms with Crippen molar-refractivity contribution in [1.29, 1.82) is 5.26 Å². The van der Waals surface area contributed by atoms with E-state index in [-0.39, 0.29) is 11.2 Å². The lowest BCUT2D eigenvalue weighted by molar-refractivity contribution is -0.140. The van der Waals surface area contributed by atoms with Crippen molar-refractivity contribution >= 4 is 17.7 Å². The third kappa shape index (κ3) is 3.87. The van der Waals surface area contributed by atoms with E-state index >= 15 is 0 Å². The van der Waals surface area contributed by atoms with Crippen molar-refractivity contribution in [2.45, 2.75) is 23.8 Å². The van der Waals surface area contributed by atoms with Crippen molar-refractivity contribution in [1.82, 2.24) is 9.97 Å². The summed E-state index contributed by atoms with van der Waals surface area (Å²) in [6.45, 7) is 1.88. The van der Waals surface area contributed by atoms with Crippen LogP contribution < -0.4 is 0 Å². The van der Waals surface area contributed by atoms with Gasteiger partial charge >= 0.3 is 5.97 Å². The lowest BCUT2D eigenvalue weighted by Gasteiger charge is -2.07. The zero-order valence-corrected chi connectivity index (χ0v) is 9.82. The molecule has 0 aliphatic heterocycles. The van der Waals surface area contributed by atoms with Crippen LogP contribution >= 0.6 is 11.8 Å². The molecule has 0 spiro atoms. The van der Waals surface area contributed by atoms with Crippen LogP contribution in [0.2, 0.25) is 0 Å². The zero-order valence-electron chi connectivity index (χ0n) is 9.01. The Labute approximate surface area is 97.9 Å². The van der Waals surface area contributed by atoms with Gasteiger partial charge in [0.1, 0.15) is 11.8 Å². The number of aromatic nitrogens is 2. The second kappa shape index (κ2) is 6.08. The van der Waals surface area contributed by atoms with E-state index in [0.717, 1.165) is 0 Å². The second-order valence-electron chi connectivity index (χ2n) is 3.04. The number of hydrogen-bond donors (Lipinski definition) is 0. The van der Waals surface area contributed by atoms with Gasteiger partial charge in [-0.3, -0.25) is 4.79 Å². The predicted molar refractivity (Wildman–Crippen MR) is 58.7 cm³/mol. The molecule has 6 heteroatoms. The first-order chi connectivity index (χ1) is 7.65. The van der Waals surface area contributed by atoms with Gasteiger partial charge < -0.3 is 4.74 Å². The molecule has 0 saturated carbocycles. The fourth-order valence-electron chi connectivity index (χ4n) is 1.000. The third-order valence-corrected chi connectivity index (χ3v) is 2.71. The molecule has 0 radical (unpaired) electrons. The van der Waals surface area contributed by atoms with Crippen molar-refractivity contribution in [3.63, 3.8) is 0 Å². The highest BCUT2D eigenvalue weighted by molar-refractivity contribution is 7.99. The number of esters is 1. The van der Waals surface area contributed by atoms with Gasteiger partial charge in [-0.25, -0.2) is 9.97 Å². The number of rotatable bonds is 4. The Bertz CT molecular complexity index is 417. The smallest absolute Gasteiger partial charge is 0.306 e. The van der Waals surface area contributed by atoms with Gasteiger partial charge in [0.05, 0.1) is 13.5 Å². The van der Waals surface area contributed by atoms with Crippen LogP contribution in [0.4, 0.5) is 0 Å². The summed E-state index contributed by atoms with van der Waals surface area (Å²) in [5.41, 5.74) is 0.322. The number of hydrogen-bond acceptors (Lipinski definition) is 6. The number of thioether (sulfide) groups is 1. The van der Waals surface area contributed by atoms with E-state index in [0.29, 0.717) is 17.3 Å². The summed E-state index contributed by atoms with van der Waals surface area (Å²) in [4.78, 5) is 19.0. The third-order valence-electron chi connectivity index (χ3n) is 1.74. The number of carbonyl (C=O) groups is 1. The SMILES string of the molecule is COC(=O)CC(C)Sc1nccc(C#N)n1. The van der Waals surface area contributed by atoms with E-state index < -0.39 is 0 Å². The van der Waals surface area contributed by atoms with Gasteiger partial charge in [0.2, 0.25) is 0 Å². The number of methoxy groups -OCH3 is 1. The first kappa shape index (κ1) is 12.5. The van der Waals surface area contributed by atoms with Gasteiger partial charge in [-0.15, -0.1) is 0 Å². The first-order valence-electron chi connectivity index (χ1n) is 4.62. The van der Waals surface area contributed by atoms with Crippen LogP contribution in [-0.2, 0) is 9.53 Å². The number of nitrogens with zero attached hydrogens (tertiary/aromatic N) is 3. The molecule has 5 nitrogen and oxygen atoms in total. The number of carbonyl (C=O) groups excluding carboxylic acids is 1. The summed E-state index contributed by atoms with van der Waals surface area (Å²) in [5.74, 6) is -0.267. The van der Waals surface area contributed by atoms with Gasteiger partial charge in [-0.2, -0.15) is 5.26 Å². The van der Waals surface area contributed by atoms with E-state index in [4.69, 9.17) is 5.26 Å². The van der Waals surface area contributed by atoms with Gasteiger partial charge in [0.15, 0.2) is 5.16 Å². The molecule has 0 bridgehead atoms. The van der Waals surface area contributed by atoms with Crippen LogP contribution in [0.1, 0.15) is 19.0 Å². The maximum atomic E-state index is 11.0. The summed E-state index contributed by atoms with van der Waals surface area (Å²) in [5, 5.41) is 9.17. The number of ether oxygens (including phenoxy) is 1. The van der Waals surface area contributed by atoms with E-state index in [2.05, 4.69) is 14.7 Å². The van der Waals surface area contributed by atoms with E-state index in [1.165, 1.54) is 31.1 Å². The summed E-state index contributed by atoms with van der Waals surface area (Å²) in [7, 11) is 1.35. The Balaban J connectivity index is 2.59. The molecule has 1 rings (SSSR count). The summed E-state index contributed by atoms with van der Waals surface area (Å²) in [6, 6.07) is 3.47. The van der Waals surface area contributed by atoms with Crippen LogP contribution in [0.3, 0.4) is 0 Å². The Morgan fingerprint density at radius 1 is 1.75 bits per heavy atom. The number of nitriles is 1. The molecule has 1 aromatic heterocycles. The van der Waals surface area contributed by atoms with Crippen molar-refractivity contribution < 1.29 is 9.53 Å². The maximum absolute atomic E-state index is 11.0. The molecule has 0 aliphatic rings. The standard InChI is InChI=1S/C10H11N3O2S/c1-7(5-9(14)15-2)16-10-12-4-3-8(6-11)13-10/h3-4,7H,5H2,1-2H3. The molecule has 16 heavy (non-hydrogen) atoms. The lowest BCUT2D eigenvalue weighted by atomic mass is 10.3. The molecule has 0 saturated heterocycles. The Kier molecular flexibility index (Phi) is 4.73. The molecule has 1 unspecified atom stereocenters. The molecule has 0 aliphatic carbocycles. The lowest BCUT2D eigenvalue weighted by Crippen LogP contribution is -2.09. The second-order valence-corrected chi connectivity index (χ2v) is 4.45. The normalized spacial score (nSPS) is 11.6. The summed E-state index contributed by atoms with van der Waals surface area (Å²) < 4.78 is 4.56. The van der Waals surface area contributed by atoms with Crippen molar-refractivity contribution in [2.75, 3.05) is 7.11 Å². The zero-order chi connectivity index (χ0) is 12.0. The van der Waals surface area contributed by atoms with Crippen LogP contribution in [0.25, 0.3) is 0 Å². The van der Waals surface area contributed by atoms with Gasteiger partial charge in [-0.05, 0) is 6.07 Å². The predicted octanol–water partition coefficient (Wildman–Crippen LogP) is 1.39. The van der Waals surface area contributed by atoms with E-state index in [9.17, 15) is 4.79 Å². The van der Waals surface area contributed by atoms with Crippen molar-refractivity contribution in [2.24, 2.45) is 0 Å². The van der Waals surface area contributed by atoms with Crippen LogP contribution in [0.15, 0.2) is 17.4 Å². The molecule has 0 amide bonds. The monoisotopic (exact) mass is 237 g/mol. The Morgan fingerprint density at radius 3 is 3.12 bits per heavy atom. The maximum Gasteiger partial charge on any atom is 0.306 e. The highest BCUT2D eigenvalue weighted by Crippen LogP contribution is 2.21. The quantitative estimate of drug-likeness (QED) is 0.447. The molecular formula is C10H11N3O2S. The molecule has 0 fully saturated rings. The summed E-state index contributed by atoms with van der Waals surface area (Å²) >= 11 is 1.34. The van der Waals surface area contributed by atoms with Crippen molar-refractivity contribution in [3.05, 3.63) is 18.0 Å². The van der Waals surface area contributed by atoms with Gasteiger partial charge in [0.25, 0.3) is 0 Å². The topological polar surface area (TPSA) is 75.9 Å². The molecule has 0 aromatic carbocycles. The first-order valence-corrected chi connectivity index (χ1v) is 5.50. The highest BCUT2D eigenvalue weighted by Gasteiger charge is 2.12. The largest absolute Gasteiger partial charge is 0.469 e. The van der Waals surface area contributed by atoms with Gasteiger partial charge in [0, 0.05) is 11.4 Å². The Hall–Kier alpha value is -1.61. The molecule has 84 valence electrons. The van der Waals surface area contributed by atoms with Crippen LogP contribution in [-0.4, -0.2) is 28.3 Å². The fraction of sp³-hybridized carbons (Fsp3) is 0.400. The van der Waals surface area contributed by atoms with E-state index in [1.54, 1.807) is 0 Å². The fourth-order valence-corrected chi connectivity index (χ4v) is 1.85. The van der Waals surface area contributed by atoms with Crippen molar-refractivity contribution in [3.8, 4) is 6.07 Å². The van der Waals surface area contributed by atoms with Gasteiger partial charge in [-0.1, -0.05) is 18.7 Å². The average molecular weight is 237 g/mol. The van der Waals surface area contributed by atoms with Crippen LogP contribution in [0, 0.1) is 11.3 Å². The molecule has 0 N–H and O–H groups in total. The average Bonchev–Trinajstić information content (AvgIpc) is 2.28. The Morgan fingerprint density at radius 2 is 2.50 bits per heavy atom.